The fraction of sp³-hybridized carbons (Fsp3) is 0.462. The first-order valence-corrected chi connectivity index (χ1v) is 5.87. The van der Waals surface area contributed by atoms with Gasteiger partial charge in [0, 0.05) is 5.56 Å². The Labute approximate surface area is 115 Å². The maximum Gasteiger partial charge on any atom is 0.412 e. The summed E-state index contributed by atoms with van der Waals surface area (Å²) in [5, 5.41) is 20.3. The summed E-state index contributed by atoms with van der Waals surface area (Å²) in [6.07, 6.45) is -0.878. The Morgan fingerprint density at radius 2 is 1.95 bits per heavy atom. The summed E-state index contributed by atoms with van der Waals surface area (Å²) in [4.78, 5) is 11.5. The maximum atomic E-state index is 13.3. The summed E-state index contributed by atoms with van der Waals surface area (Å²) in [6.45, 7) is 3.55. The van der Waals surface area contributed by atoms with E-state index in [0.29, 0.717) is 0 Å². The second-order valence-electron chi connectivity index (χ2n) is 5.22. The van der Waals surface area contributed by atoms with E-state index in [0.717, 1.165) is 18.2 Å². The predicted molar refractivity (Wildman–Crippen MR) is 68.9 cm³/mol. The number of aliphatic hydroxyl groups is 1. The van der Waals surface area contributed by atoms with Gasteiger partial charge in [-0.2, -0.15) is 8.78 Å². The number of aliphatic hydroxyl groups excluding tert-OH is 1. The van der Waals surface area contributed by atoms with E-state index >= 15 is 0 Å². The van der Waals surface area contributed by atoms with Crippen LogP contribution in [-0.4, -0.2) is 28.5 Å². The number of rotatable bonds is 3. The van der Waals surface area contributed by atoms with Crippen molar-refractivity contribution in [2.75, 3.05) is 11.9 Å². The second kappa shape index (κ2) is 5.62. The van der Waals surface area contributed by atoms with Crippen molar-refractivity contribution in [1.29, 1.82) is 0 Å². The molecule has 0 saturated heterocycles. The highest BCUT2D eigenvalue weighted by molar-refractivity contribution is 5.87. The first-order chi connectivity index (χ1) is 9.05. The normalized spacial score (nSPS) is 12.1. The molecule has 1 amide bonds. The molecule has 0 saturated carbocycles. The van der Waals surface area contributed by atoms with Crippen molar-refractivity contribution in [3.05, 3.63) is 23.8 Å². The molecule has 0 aliphatic carbocycles. The maximum absolute atomic E-state index is 13.3. The number of carbonyl (C=O) groups is 1. The van der Waals surface area contributed by atoms with Crippen LogP contribution in [0.4, 0.5) is 19.3 Å². The number of phenolic OH excluding ortho intramolecular Hbond substituents is 1. The quantitative estimate of drug-likeness (QED) is 0.748. The van der Waals surface area contributed by atoms with Crippen LogP contribution in [0.15, 0.2) is 18.2 Å². The number of aromatic hydroxyl groups is 1. The van der Waals surface area contributed by atoms with Gasteiger partial charge in [-0.15, -0.1) is 0 Å². The Balaban J connectivity index is 2.96. The van der Waals surface area contributed by atoms with Crippen LogP contribution in [0.3, 0.4) is 0 Å². The third kappa shape index (κ3) is 4.34. The van der Waals surface area contributed by atoms with Gasteiger partial charge in [0.05, 0.1) is 5.69 Å². The number of hydrogen-bond acceptors (Lipinski definition) is 4. The van der Waals surface area contributed by atoms with E-state index in [1.54, 1.807) is 20.8 Å². The molecule has 0 unspecified atom stereocenters. The largest absolute Gasteiger partial charge is 0.506 e. The highest BCUT2D eigenvalue weighted by Crippen LogP contribution is 2.33. The molecule has 0 atom stereocenters. The number of hydrogen-bond donors (Lipinski definition) is 3. The summed E-state index contributed by atoms with van der Waals surface area (Å²) in [5.41, 5.74) is -1.50. The van der Waals surface area contributed by atoms with Gasteiger partial charge in [-0.1, -0.05) is 0 Å². The average Bonchev–Trinajstić information content (AvgIpc) is 2.29. The van der Waals surface area contributed by atoms with Gasteiger partial charge >= 0.3 is 6.09 Å². The summed E-state index contributed by atoms with van der Waals surface area (Å²) >= 11 is 0. The molecule has 20 heavy (non-hydrogen) atoms. The fourth-order valence-corrected chi connectivity index (χ4v) is 1.37. The zero-order chi connectivity index (χ0) is 15.6. The van der Waals surface area contributed by atoms with Crippen molar-refractivity contribution in [3.8, 4) is 5.75 Å². The third-order valence-corrected chi connectivity index (χ3v) is 2.25. The number of ether oxygens (including phenoxy) is 1. The van der Waals surface area contributed by atoms with Crippen molar-refractivity contribution in [1.82, 2.24) is 0 Å². The average molecular weight is 289 g/mol. The number of phenols is 1. The molecule has 112 valence electrons. The number of alkyl halides is 2. The lowest BCUT2D eigenvalue weighted by molar-refractivity contribution is -0.0556. The number of halogens is 2. The zero-order valence-corrected chi connectivity index (χ0v) is 11.4. The van der Waals surface area contributed by atoms with Gasteiger partial charge in [-0.05, 0) is 39.0 Å². The monoisotopic (exact) mass is 289 g/mol. The number of anilines is 1. The molecule has 3 N–H and O–H groups in total. The molecule has 0 aromatic heterocycles. The number of nitrogens with one attached hydrogen (secondary N) is 1. The molecule has 0 aliphatic rings. The van der Waals surface area contributed by atoms with Crippen LogP contribution in [-0.2, 0) is 10.7 Å². The Hall–Kier alpha value is -1.89. The Kier molecular flexibility index (Phi) is 4.54. The van der Waals surface area contributed by atoms with Gasteiger partial charge in [-0.25, -0.2) is 4.79 Å². The molecule has 1 rings (SSSR count). The van der Waals surface area contributed by atoms with Gasteiger partial charge in [-0.3, -0.25) is 5.32 Å². The van der Waals surface area contributed by atoms with Crippen molar-refractivity contribution in [3.63, 3.8) is 0 Å². The smallest absolute Gasteiger partial charge is 0.412 e. The standard InChI is InChI=1S/C13H17F2NO4/c1-12(2,3)20-11(19)16-9-6-8(4-5-10(9)18)13(14,15)7-17/h4-6,17-18H,7H2,1-3H3,(H,16,19). The number of carbonyl (C=O) groups excluding carboxylic acids is 1. The summed E-state index contributed by atoms with van der Waals surface area (Å²) in [6, 6.07) is 2.85. The van der Waals surface area contributed by atoms with E-state index in [-0.39, 0.29) is 11.4 Å². The van der Waals surface area contributed by atoms with E-state index in [9.17, 15) is 18.7 Å². The summed E-state index contributed by atoms with van der Waals surface area (Å²) in [7, 11) is 0. The molecule has 5 nitrogen and oxygen atoms in total. The molecule has 0 fully saturated rings. The van der Waals surface area contributed by atoms with Crippen molar-refractivity contribution >= 4 is 11.8 Å². The molecule has 7 heteroatoms. The van der Waals surface area contributed by atoms with Gasteiger partial charge in [0.25, 0.3) is 5.92 Å². The van der Waals surface area contributed by atoms with E-state index in [4.69, 9.17) is 9.84 Å². The van der Waals surface area contributed by atoms with Crippen LogP contribution in [0.2, 0.25) is 0 Å². The molecule has 0 heterocycles. The van der Waals surface area contributed by atoms with Crippen molar-refractivity contribution in [2.24, 2.45) is 0 Å². The highest BCUT2D eigenvalue weighted by atomic mass is 19.3. The van der Waals surface area contributed by atoms with Crippen LogP contribution < -0.4 is 5.32 Å². The third-order valence-electron chi connectivity index (χ3n) is 2.25. The molecular formula is C13H17F2NO4. The van der Waals surface area contributed by atoms with Gasteiger partial charge in [0.2, 0.25) is 0 Å². The number of amides is 1. The molecule has 0 bridgehead atoms. The minimum atomic E-state index is -3.46. The lowest BCUT2D eigenvalue weighted by Crippen LogP contribution is -2.27. The van der Waals surface area contributed by atoms with Crippen LogP contribution in [0.25, 0.3) is 0 Å². The van der Waals surface area contributed by atoms with E-state index in [2.05, 4.69) is 5.32 Å². The van der Waals surface area contributed by atoms with Crippen LogP contribution in [0, 0.1) is 0 Å². The molecule has 0 radical (unpaired) electrons. The minimum absolute atomic E-state index is 0.218. The SMILES string of the molecule is CC(C)(C)OC(=O)Nc1cc(C(F)(F)CO)ccc1O. The second-order valence-corrected chi connectivity index (χ2v) is 5.22. The van der Waals surface area contributed by atoms with Crippen LogP contribution >= 0.6 is 0 Å². The van der Waals surface area contributed by atoms with Crippen molar-refractivity contribution < 1.29 is 28.5 Å². The fourth-order valence-electron chi connectivity index (χ4n) is 1.37. The molecule has 0 aliphatic heterocycles. The summed E-state index contributed by atoms with van der Waals surface area (Å²) < 4.78 is 31.6. The minimum Gasteiger partial charge on any atom is -0.506 e. The van der Waals surface area contributed by atoms with Crippen LogP contribution in [0.5, 0.6) is 5.75 Å². The Morgan fingerprint density at radius 3 is 2.45 bits per heavy atom. The molecule has 0 spiro atoms. The van der Waals surface area contributed by atoms with Crippen molar-refractivity contribution in [2.45, 2.75) is 32.3 Å². The first kappa shape index (κ1) is 16.2. The lowest BCUT2D eigenvalue weighted by atomic mass is 10.1. The van der Waals surface area contributed by atoms with E-state index in [1.165, 1.54) is 0 Å². The topological polar surface area (TPSA) is 78.8 Å². The van der Waals surface area contributed by atoms with E-state index < -0.39 is 29.8 Å². The Morgan fingerprint density at radius 1 is 1.35 bits per heavy atom. The highest BCUT2D eigenvalue weighted by Gasteiger charge is 2.31. The van der Waals surface area contributed by atoms with E-state index in [1.807, 2.05) is 0 Å². The van der Waals surface area contributed by atoms with Gasteiger partial charge < -0.3 is 14.9 Å². The van der Waals surface area contributed by atoms with Gasteiger partial charge in [0.1, 0.15) is 18.0 Å². The Bertz CT molecular complexity index is 498. The number of benzene rings is 1. The summed E-state index contributed by atoms with van der Waals surface area (Å²) in [5.74, 6) is -3.84. The molecule has 1 aromatic carbocycles. The first-order valence-electron chi connectivity index (χ1n) is 5.87. The molecular weight excluding hydrogens is 272 g/mol. The predicted octanol–water partition coefficient (Wildman–Crippen LogP) is 2.82. The van der Waals surface area contributed by atoms with Crippen LogP contribution in [0.1, 0.15) is 26.3 Å². The van der Waals surface area contributed by atoms with Gasteiger partial charge in [0.15, 0.2) is 0 Å². The lowest BCUT2D eigenvalue weighted by Gasteiger charge is -2.20. The zero-order valence-electron chi connectivity index (χ0n) is 11.4. The molecule has 1 aromatic rings.